The Bertz CT molecular complexity index is 765. The number of ether oxygens (including phenoxy) is 1. The molecule has 0 radical (unpaired) electrons. The summed E-state index contributed by atoms with van der Waals surface area (Å²) in [7, 11) is -3.86. The van der Waals surface area contributed by atoms with E-state index in [0.717, 1.165) is 0 Å². The fourth-order valence-corrected chi connectivity index (χ4v) is 2.42. The highest BCUT2D eigenvalue weighted by Gasteiger charge is 2.13. The van der Waals surface area contributed by atoms with Crippen molar-refractivity contribution >= 4 is 31.6 Å². The number of hydrogen-bond acceptors (Lipinski definition) is 4. The van der Waals surface area contributed by atoms with Crippen LogP contribution in [0.25, 0.3) is 0 Å². The molecule has 2 rings (SSSR count). The van der Waals surface area contributed by atoms with E-state index in [1.807, 2.05) is 0 Å². The van der Waals surface area contributed by atoms with Gasteiger partial charge in [0, 0.05) is 6.07 Å². The SMILES string of the molecule is Nc1ccc(S(N)(=O)=O)cc1Oc1ccc(F)cc1Br. The summed E-state index contributed by atoms with van der Waals surface area (Å²) in [6.07, 6.45) is 0. The molecule has 2 aromatic rings. The minimum Gasteiger partial charge on any atom is -0.454 e. The van der Waals surface area contributed by atoms with E-state index in [1.165, 1.54) is 36.4 Å². The third kappa shape index (κ3) is 3.27. The summed E-state index contributed by atoms with van der Waals surface area (Å²) in [5.41, 5.74) is 5.94. The van der Waals surface area contributed by atoms with E-state index >= 15 is 0 Å². The molecule has 0 atom stereocenters. The van der Waals surface area contributed by atoms with Gasteiger partial charge in [-0.25, -0.2) is 17.9 Å². The van der Waals surface area contributed by atoms with Crippen molar-refractivity contribution in [2.75, 3.05) is 5.73 Å². The van der Waals surface area contributed by atoms with Crippen LogP contribution in [0.3, 0.4) is 0 Å². The second-order valence-electron chi connectivity index (χ2n) is 3.92. The molecule has 0 aromatic heterocycles. The molecule has 0 aliphatic carbocycles. The first-order valence-electron chi connectivity index (χ1n) is 5.32. The van der Waals surface area contributed by atoms with E-state index in [2.05, 4.69) is 15.9 Å². The van der Waals surface area contributed by atoms with Crippen LogP contribution in [0, 0.1) is 5.82 Å². The van der Waals surface area contributed by atoms with Crippen molar-refractivity contribution in [2.45, 2.75) is 4.90 Å². The summed E-state index contributed by atoms with van der Waals surface area (Å²) in [6.45, 7) is 0. The van der Waals surface area contributed by atoms with Gasteiger partial charge in [0.25, 0.3) is 0 Å². The van der Waals surface area contributed by atoms with Crippen LogP contribution in [-0.4, -0.2) is 8.42 Å². The van der Waals surface area contributed by atoms with Crippen LogP contribution in [0.2, 0.25) is 0 Å². The van der Waals surface area contributed by atoms with Crippen LogP contribution in [0.1, 0.15) is 0 Å². The van der Waals surface area contributed by atoms with Gasteiger partial charge < -0.3 is 10.5 Å². The highest BCUT2D eigenvalue weighted by atomic mass is 79.9. The second kappa shape index (κ2) is 5.39. The van der Waals surface area contributed by atoms with Crippen LogP contribution in [0.5, 0.6) is 11.5 Å². The van der Waals surface area contributed by atoms with Crippen molar-refractivity contribution in [2.24, 2.45) is 5.14 Å². The first-order valence-corrected chi connectivity index (χ1v) is 7.66. The minimum absolute atomic E-state index is 0.115. The first kappa shape index (κ1) is 14.8. The Labute approximate surface area is 123 Å². The largest absolute Gasteiger partial charge is 0.454 e. The molecule has 106 valence electrons. The quantitative estimate of drug-likeness (QED) is 0.822. The molecule has 0 saturated carbocycles. The normalized spacial score (nSPS) is 11.3. The van der Waals surface area contributed by atoms with Crippen molar-refractivity contribution in [3.05, 3.63) is 46.7 Å². The number of hydrogen-bond donors (Lipinski definition) is 2. The number of benzene rings is 2. The highest BCUT2D eigenvalue weighted by Crippen LogP contribution is 2.34. The topological polar surface area (TPSA) is 95.4 Å². The number of anilines is 1. The van der Waals surface area contributed by atoms with E-state index in [4.69, 9.17) is 15.6 Å². The summed E-state index contributed by atoms with van der Waals surface area (Å²) in [4.78, 5) is -0.125. The zero-order chi connectivity index (χ0) is 14.9. The van der Waals surface area contributed by atoms with E-state index in [-0.39, 0.29) is 16.3 Å². The molecule has 0 bridgehead atoms. The van der Waals surface area contributed by atoms with Crippen molar-refractivity contribution < 1.29 is 17.5 Å². The van der Waals surface area contributed by atoms with Gasteiger partial charge in [-0.05, 0) is 46.3 Å². The molecule has 0 heterocycles. The van der Waals surface area contributed by atoms with E-state index < -0.39 is 15.8 Å². The zero-order valence-corrected chi connectivity index (χ0v) is 12.4. The van der Waals surface area contributed by atoms with Crippen molar-refractivity contribution in [3.8, 4) is 11.5 Å². The molecule has 4 N–H and O–H groups in total. The van der Waals surface area contributed by atoms with Gasteiger partial charge in [-0.2, -0.15) is 0 Å². The third-order valence-corrected chi connectivity index (χ3v) is 3.96. The average molecular weight is 361 g/mol. The number of halogens is 2. The second-order valence-corrected chi connectivity index (χ2v) is 6.34. The Morgan fingerprint density at radius 3 is 2.40 bits per heavy atom. The minimum atomic E-state index is -3.86. The van der Waals surface area contributed by atoms with Gasteiger partial charge in [0.15, 0.2) is 5.75 Å². The maximum atomic E-state index is 13.0. The predicted octanol–water partition coefficient (Wildman–Crippen LogP) is 2.61. The Morgan fingerprint density at radius 1 is 1.10 bits per heavy atom. The fraction of sp³-hybridized carbons (Fsp3) is 0. The van der Waals surface area contributed by atoms with Gasteiger partial charge in [-0.15, -0.1) is 0 Å². The smallest absolute Gasteiger partial charge is 0.238 e. The van der Waals surface area contributed by atoms with Gasteiger partial charge in [0.2, 0.25) is 10.0 Å². The van der Waals surface area contributed by atoms with Gasteiger partial charge in [0.05, 0.1) is 15.1 Å². The first-order chi connectivity index (χ1) is 9.27. The number of nitrogens with two attached hydrogens (primary N) is 2. The van der Waals surface area contributed by atoms with E-state index in [0.29, 0.717) is 10.2 Å². The van der Waals surface area contributed by atoms with Crippen LogP contribution >= 0.6 is 15.9 Å². The molecule has 2 aromatic carbocycles. The fourth-order valence-electron chi connectivity index (χ4n) is 1.46. The summed E-state index contributed by atoms with van der Waals surface area (Å²) in [5.74, 6) is -0.0241. The lowest BCUT2D eigenvalue weighted by Crippen LogP contribution is -2.12. The zero-order valence-electron chi connectivity index (χ0n) is 10.0. The predicted molar refractivity (Wildman–Crippen MR) is 76.4 cm³/mol. The summed E-state index contributed by atoms with van der Waals surface area (Å²) < 4.78 is 41.4. The maximum Gasteiger partial charge on any atom is 0.238 e. The number of sulfonamides is 1. The summed E-state index contributed by atoms with van der Waals surface area (Å²) in [5, 5.41) is 5.04. The summed E-state index contributed by atoms with van der Waals surface area (Å²) in [6, 6.07) is 7.67. The molecule has 0 amide bonds. The molecular weight excluding hydrogens is 351 g/mol. The monoisotopic (exact) mass is 360 g/mol. The van der Waals surface area contributed by atoms with Crippen LogP contribution in [-0.2, 0) is 10.0 Å². The third-order valence-electron chi connectivity index (χ3n) is 2.43. The lowest BCUT2D eigenvalue weighted by Gasteiger charge is -2.11. The summed E-state index contributed by atoms with van der Waals surface area (Å²) >= 11 is 3.14. The van der Waals surface area contributed by atoms with E-state index in [9.17, 15) is 12.8 Å². The van der Waals surface area contributed by atoms with Crippen molar-refractivity contribution in [1.29, 1.82) is 0 Å². The lowest BCUT2D eigenvalue weighted by atomic mass is 10.3. The number of rotatable bonds is 3. The van der Waals surface area contributed by atoms with Crippen LogP contribution < -0.4 is 15.6 Å². The molecule has 0 aliphatic heterocycles. The Balaban J connectivity index is 2.43. The highest BCUT2D eigenvalue weighted by molar-refractivity contribution is 9.10. The average Bonchev–Trinajstić information content (AvgIpc) is 2.33. The number of primary sulfonamides is 1. The standard InChI is InChI=1S/C12H10BrFN2O3S/c13-9-5-7(14)1-4-11(9)19-12-6-8(20(16,17)18)2-3-10(12)15/h1-6H,15H2,(H2,16,17,18). The molecular formula is C12H10BrFN2O3S. The van der Waals surface area contributed by atoms with Gasteiger partial charge in [-0.1, -0.05) is 0 Å². The Morgan fingerprint density at radius 2 is 1.80 bits per heavy atom. The van der Waals surface area contributed by atoms with Crippen molar-refractivity contribution in [3.63, 3.8) is 0 Å². The molecule has 20 heavy (non-hydrogen) atoms. The molecule has 0 saturated heterocycles. The molecule has 0 spiro atoms. The number of nitrogen functional groups attached to an aromatic ring is 1. The van der Waals surface area contributed by atoms with Gasteiger partial charge >= 0.3 is 0 Å². The Kier molecular flexibility index (Phi) is 3.98. The molecule has 0 unspecified atom stereocenters. The molecule has 0 aliphatic rings. The molecule has 0 fully saturated rings. The molecule has 8 heteroatoms. The molecule has 5 nitrogen and oxygen atoms in total. The van der Waals surface area contributed by atoms with Gasteiger partial charge in [0.1, 0.15) is 11.6 Å². The van der Waals surface area contributed by atoms with Crippen LogP contribution in [0.4, 0.5) is 10.1 Å². The Hall–Kier alpha value is -1.64. The maximum absolute atomic E-state index is 13.0. The van der Waals surface area contributed by atoms with E-state index in [1.54, 1.807) is 0 Å². The van der Waals surface area contributed by atoms with Gasteiger partial charge in [-0.3, -0.25) is 0 Å². The lowest BCUT2D eigenvalue weighted by molar-refractivity contribution is 0.478. The van der Waals surface area contributed by atoms with Crippen molar-refractivity contribution in [1.82, 2.24) is 0 Å². The van der Waals surface area contributed by atoms with Crippen LogP contribution in [0.15, 0.2) is 45.8 Å².